The van der Waals surface area contributed by atoms with E-state index >= 15 is 0 Å². The lowest BCUT2D eigenvalue weighted by atomic mass is 10.0. The number of amides is 1. The quantitative estimate of drug-likeness (QED) is 0.458. The number of nitrogens with zero attached hydrogens (tertiary/aromatic N) is 2. The molecule has 0 aliphatic rings. The summed E-state index contributed by atoms with van der Waals surface area (Å²) >= 11 is 0. The van der Waals surface area contributed by atoms with Gasteiger partial charge in [0.1, 0.15) is 22.7 Å². The predicted molar refractivity (Wildman–Crippen MR) is 116 cm³/mol. The lowest BCUT2D eigenvalue weighted by molar-refractivity contribution is 0.0958. The maximum atomic E-state index is 11.7. The summed E-state index contributed by atoms with van der Waals surface area (Å²) in [5.74, 6) is 1.30. The average Bonchev–Trinajstić information content (AvgIpc) is 3.15. The number of benzene rings is 2. The molecule has 1 amide bonds. The number of nitrogens with one attached hydrogen (secondary N) is 2. The van der Waals surface area contributed by atoms with E-state index in [2.05, 4.69) is 46.6 Å². The Labute approximate surface area is 174 Å². The minimum Gasteiger partial charge on any atom is -0.457 e. The van der Waals surface area contributed by atoms with Crippen molar-refractivity contribution in [2.75, 3.05) is 12.4 Å². The minimum atomic E-state index is -0.274. The van der Waals surface area contributed by atoms with Gasteiger partial charge in [0.15, 0.2) is 5.58 Å². The fraction of sp³-hybridized carbons (Fsp3) is 0.174. The fourth-order valence-corrected chi connectivity index (χ4v) is 2.96. The van der Waals surface area contributed by atoms with Crippen LogP contribution in [0.25, 0.3) is 11.1 Å². The zero-order valence-corrected chi connectivity index (χ0v) is 17.0. The van der Waals surface area contributed by atoms with Crippen LogP contribution in [0.1, 0.15) is 35.8 Å². The first-order valence-electron chi connectivity index (χ1n) is 9.65. The molecule has 0 aliphatic heterocycles. The van der Waals surface area contributed by atoms with Gasteiger partial charge in [-0.3, -0.25) is 9.78 Å². The Kier molecular flexibility index (Phi) is 5.34. The second-order valence-corrected chi connectivity index (χ2v) is 7.11. The number of anilines is 2. The molecule has 0 spiro atoms. The van der Waals surface area contributed by atoms with Crippen LogP contribution in [0.15, 0.2) is 65.2 Å². The molecule has 7 nitrogen and oxygen atoms in total. The molecule has 0 saturated heterocycles. The van der Waals surface area contributed by atoms with Gasteiger partial charge in [-0.15, -0.1) is 0 Å². The molecule has 2 heterocycles. The van der Waals surface area contributed by atoms with Crippen LogP contribution < -0.4 is 15.4 Å². The third kappa shape index (κ3) is 4.25. The van der Waals surface area contributed by atoms with E-state index < -0.39 is 0 Å². The van der Waals surface area contributed by atoms with Crippen molar-refractivity contribution in [3.05, 3.63) is 72.1 Å². The molecule has 4 aromatic rings. The number of rotatable bonds is 6. The molecule has 0 fully saturated rings. The monoisotopic (exact) mass is 402 g/mol. The summed E-state index contributed by atoms with van der Waals surface area (Å²) in [4.78, 5) is 20.3. The van der Waals surface area contributed by atoms with Crippen LogP contribution >= 0.6 is 0 Å². The highest BCUT2D eigenvalue weighted by atomic mass is 16.5. The summed E-state index contributed by atoms with van der Waals surface area (Å²) in [6, 6.07) is 17.2. The summed E-state index contributed by atoms with van der Waals surface area (Å²) in [6.45, 7) is 4.32. The van der Waals surface area contributed by atoms with Crippen molar-refractivity contribution in [3.63, 3.8) is 0 Å². The van der Waals surface area contributed by atoms with Crippen molar-refractivity contribution in [1.82, 2.24) is 15.3 Å². The van der Waals surface area contributed by atoms with Gasteiger partial charge in [-0.05, 0) is 41.8 Å². The van der Waals surface area contributed by atoms with Gasteiger partial charge in [0.05, 0.1) is 0 Å². The van der Waals surface area contributed by atoms with Gasteiger partial charge in [-0.1, -0.05) is 26.0 Å². The van der Waals surface area contributed by atoms with E-state index in [1.165, 1.54) is 11.8 Å². The summed E-state index contributed by atoms with van der Waals surface area (Å²) in [5, 5.41) is 5.72. The van der Waals surface area contributed by atoms with Gasteiger partial charge in [0.2, 0.25) is 0 Å². The van der Waals surface area contributed by atoms with E-state index in [1.54, 1.807) is 37.4 Å². The zero-order valence-electron chi connectivity index (χ0n) is 17.0. The molecule has 152 valence electrons. The molecule has 2 aromatic heterocycles. The number of carbonyl (C=O) groups excluding carboxylic acids is 1. The van der Waals surface area contributed by atoms with Gasteiger partial charge < -0.3 is 19.8 Å². The third-order valence-corrected chi connectivity index (χ3v) is 4.61. The van der Waals surface area contributed by atoms with Crippen LogP contribution in [0.4, 0.5) is 11.7 Å². The Bertz CT molecular complexity index is 1180. The maximum Gasteiger partial charge on any atom is 0.300 e. The van der Waals surface area contributed by atoms with Gasteiger partial charge in [-0.2, -0.15) is 4.98 Å². The fourth-order valence-electron chi connectivity index (χ4n) is 2.96. The van der Waals surface area contributed by atoms with Crippen LogP contribution in [0.2, 0.25) is 0 Å². The SMILES string of the molecule is CNC(=O)c1cc(Oc2ccc3oc(Nc4ccc(C(C)C)cc4)nc3c2)ccn1. The molecular formula is C23H22N4O3. The molecule has 4 rings (SSSR count). The highest BCUT2D eigenvalue weighted by Gasteiger charge is 2.10. The number of aromatic nitrogens is 2. The molecule has 0 atom stereocenters. The Morgan fingerprint density at radius 2 is 1.80 bits per heavy atom. The molecule has 30 heavy (non-hydrogen) atoms. The largest absolute Gasteiger partial charge is 0.457 e. The number of pyridine rings is 1. The second-order valence-electron chi connectivity index (χ2n) is 7.11. The predicted octanol–water partition coefficient (Wildman–Crippen LogP) is 5.24. The smallest absolute Gasteiger partial charge is 0.300 e. The zero-order chi connectivity index (χ0) is 21.1. The summed E-state index contributed by atoms with van der Waals surface area (Å²) < 4.78 is 11.6. The van der Waals surface area contributed by atoms with Crippen molar-refractivity contribution in [2.24, 2.45) is 0 Å². The van der Waals surface area contributed by atoms with Crippen molar-refractivity contribution >= 4 is 28.7 Å². The standard InChI is InChI=1S/C23H22N4O3/c1-14(2)15-4-6-16(7-5-15)26-23-27-19-12-17(8-9-21(19)30-23)29-18-10-11-25-20(13-18)22(28)24-3/h4-14H,1-3H3,(H,24,28)(H,26,27). The molecule has 0 unspecified atom stereocenters. The van der Waals surface area contributed by atoms with Crippen molar-refractivity contribution < 1.29 is 13.9 Å². The molecule has 2 N–H and O–H groups in total. The van der Waals surface area contributed by atoms with Crippen LogP contribution in [0.5, 0.6) is 11.5 Å². The lowest BCUT2D eigenvalue weighted by Crippen LogP contribution is -2.18. The molecule has 0 bridgehead atoms. The second kappa shape index (κ2) is 8.24. The number of fused-ring (bicyclic) bond motifs is 1. The normalized spacial score (nSPS) is 10.9. The highest BCUT2D eigenvalue weighted by molar-refractivity contribution is 5.92. The Hall–Kier alpha value is -3.87. The lowest BCUT2D eigenvalue weighted by Gasteiger charge is -2.06. The minimum absolute atomic E-state index is 0.274. The van der Waals surface area contributed by atoms with Crippen molar-refractivity contribution in [2.45, 2.75) is 19.8 Å². The van der Waals surface area contributed by atoms with E-state index in [4.69, 9.17) is 9.15 Å². The van der Waals surface area contributed by atoms with E-state index in [0.717, 1.165) is 5.69 Å². The molecule has 0 aliphatic carbocycles. The average molecular weight is 402 g/mol. The van der Waals surface area contributed by atoms with Crippen LogP contribution in [-0.2, 0) is 0 Å². The maximum absolute atomic E-state index is 11.7. The van der Waals surface area contributed by atoms with E-state index in [0.29, 0.717) is 34.5 Å². The van der Waals surface area contributed by atoms with Crippen LogP contribution in [-0.4, -0.2) is 22.9 Å². The Balaban J connectivity index is 1.52. The van der Waals surface area contributed by atoms with Gasteiger partial charge in [-0.25, -0.2) is 0 Å². The summed E-state index contributed by atoms with van der Waals surface area (Å²) in [6.07, 6.45) is 1.53. The summed E-state index contributed by atoms with van der Waals surface area (Å²) in [5.41, 5.74) is 3.77. The first-order valence-corrected chi connectivity index (χ1v) is 9.65. The van der Waals surface area contributed by atoms with Gasteiger partial charge in [0.25, 0.3) is 11.9 Å². The van der Waals surface area contributed by atoms with Crippen LogP contribution in [0, 0.1) is 0 Å². The Morgan fingerprint density at radius 3 is 2.53 bits per heavy atom. The molecule has 2 aromatic carbocycles. The molecule has 7 heteroatoms. The topological polar surface area (TPSA) is 89.3 Å². The molecule has 0 saturated carbocycles. The first kappa shape index (κ1) is 19.4. The van der Waals surface area contributed by atoms with Gasteiger partial charge >= 0.3 is 0 Å². The van der Waals surface area contributed by atoms with Crippen molar-refractivity contribution in [1.29, 1.82) is 0 Å². The van der Waals surface area contributed by atoms with Crippen LogP contribution in [0.3, 0.4) is 0 Å². The number of carbonyl (C=O) groups is 1. The summed E-state index contributed by atoms with van der Waals surface area (Å²) in [7, 11) is 1.56. The van der Waals surface area contributed by atoms with E-state index in [9.17, 15) is 4.79 Å². The van der Waals surface area contributed by atoms with E-state index in [1.807, 2.05) is 12.1 Å². The third-order valence-electron chi connectivity index (χ3n) is 4.61. The number of ether oxygens (including phenoxy) is 1. The van der Waals surface area contributed by atoms with E-state index in [-0.39, 0.29) is 11.6 Å². The number of hydrogen-bond donors (Lipinski definition) is 2. The van der Waals surface area contributed by atoms with Gasteiger partial charge in [0, 0.05) is 31.1 Å². The number of hydrogen-bond acceptors (Lipinski definition) is 6. The Morgan fingerprint density at radius 1 is 1.03 bits per heavy atom. The highest BCUT2D eigenvalue weighted by Crippen LogP contribution is 2.28. The molecular weight excluding hydrogens is 380 g/mol. The van der Waals surface area contributed by atoms with Crippen molar-refractivity contribution in [3.8, 4) is 11.5 Å². The first-order chi connectivity index (χ1) is 14.5. The molecule has 0 radical (unpaired) electrons. The number of oxazole rings is 1.